The summed E-state index contributed by atoms with van der Waals surface area (Å²) in [6.45, 7) is 4.54. The smallest absolute Gasteiger partial charge is 0.00702 e. The van der Waals surface area contributed by atoms with E-state index in [9.17, 15) is 0 Å². The van der Waals surface area contributed by atoms with Gasteiger partial charge in [0.15, 0.2) is 0 Å². The minimum atomic E-state index is 0.835. The lowest BCUT2D eigenvalue weighted by atomic mass is 9.67. The maximum absolute atomic E-state index is 2.52. The molecule has 0 N–H and O–H groups in total. The van der Waals surface area contributed by atoms with Gasteiger partial charge in [-0.1, -0.05) is 54.6 Å². The molecule has 1 aromatic rings. The number of rotatable bonds is 3. The molecule has 0 aromatic heterocycles. The highest BCUT2D eigenvalue weighted by atomic mass is 127. The molecule has 0 bridgehead atoms. The first kappa shape index (κ1) is 10.5. The van der Waals surface area contributed by atoms with Crippen LogP contribution in [0.1, 0.15) is 48.8 Å². The molecule has 0 saturated carbocycles. The van der Waals surface area contributed by atoms with Crippen LogP contribution < -0.4 is 0 Å². The Hall–Kier alpha value is -0.0500. The molecule has 2 rings (SSSR count). The molecule has 0 nitrogen and oxygen atoms in total. The van der Waals surface area contributed by atoms with E-state index in [1.165, 1.54) is 16.4 Å². The van der Waals surface area contributed by atoms with Gasteiger partial charge in [0.1, 0.15) is 0 Å². The van der Waals surface area contributed by atoms with Gasteiger partial charge in [-0.2, -0.15) is 0 Å². The van der Waals surface area contributed by atoms with Gasteiger partial charge in [-0.25, -0.2) is 0 Å². The van der Waals surface area contributed by atoms with Crippen LogP contribution in [0.5, 0.6) is 0 Å². The standard InChI is InChI=1S/C13H17I/c1-3-9-5-6-11-10(4-2)13(8-14)12(11)7-9/h5-7,10,13H,3-4,8H2,1-2H3. The van der Waals surface area contributed by atoms with Gasteiger partial charge in [-0.05, 0) is 41.4 Å². The van der Waals surface area contributed by atoms with Gasteiger partial charge in [0, 0.05) is 4.43 Å². The van der Waals surface area contributed by atoms with Crippen LogP contribution in [-0.2, 0) is 6.42 Å². The zero-order valence-corrected chi connectivity index (χ0v) is 11.0. The number of hydrogen-bond acceptors (Lipinski definition) is 0. The third-order valence-corrected chi connectivity index (χ3v) is 4.40. The van der Waals surface area contributed by atoms with E-state index in [0.29, 0.717) is 0 Å². The Morgan fingerprint density at radius 2 is 1.93 bits per heavy atom. The molecule has 14 heavy (non-hydrogen) atoms. The summed E-state index contributed by atoms with van der Waals surface area (Å²) in [7, 11) is 0. The Labute approximate surface area is 100 Å². The highest BCUT2D eigenvalue weighted by Gasteiger charge is 2.34. The van der Waals surface area contributed by atoms with Gasteiger partial charge in [-0.3, -0.25) is 0 Å². The summed E-state index contributed by atoms with van der Waals surface area (Å²) in [6.07, 6.45) is 2.46. The Bertz CT molecular complexity index is 330. The van der Waals surface area contributed by atoms with Crippen LogP contribution >= 0.6 is 22.6 Å². The number of halogens is 1. The van der Waals surface area contributed by atoms with E-state index < -0.39 is 0 Å². The van der Waals surface area contributed by atoms with Crippen LogP contribution in [0.2, 0.25) is 0 Å². The summed E-state index contributed by atoms with van der Waals surface area (Å²) >= 11 is 2.52. The molecule has 2 atom stereocenters. The number of hydrogen-bond donors (Lipinski definition) is 0. The van der Waals surface area contributed by atoms with Gasteiger partial charge in [0.05, 0.1) is 0 Å². The first-order valence-electron chi connectivity index (χ1n) is 5.50. The molecule has 1 aliphatic rings. The van der Waals surface area contributed by atoms with Crippen molar-refractivity contribution < 1.29 is 0 Å². The minimum Gasteiger partial charge on any atom is -0.0857 e. The van der Waals surface area contributed by atoms with Crippen molar-refractivity contribution in [2.24, 2.45) is 0 Å². The molecular formula is C13H17I. The van der Waals surface area contributed by atoms with E-state index in [2.05, 4.69) is 54.6 Å². The number of alkyl halides is 1. The summed E-state index contributed by atoms with van der Waals surface area (Å²) in [5.74, 6) is 1.68. The number of fused-ring (bicyclic) bond motifs is 1. The molecule has 1 aromatic carbocycles. The molecule has 0 saturated heterocycles. The van der Waals surface area contributed by atoms with Crippen molar-refractivity contribution >= 4 is 22.6 Å². The third kappa shape index (κ3) is 1.50. The van der Waals surface area contributed by atoms with E-state index >= 15 is 0 Å². The second kappa shape index (κ2) is 4.21. The van der Waals surface area contributed by atoms with Crippen LogP contribution in [-0.4, -0.2) is 4.43 Å². The third-order valence-electron chi connectivity index (χ3n) is 3.45. The molecule has 0 spiro atoms. The van der Waals surface area contributed by atoms with Crippen LogP contribution in [0.4, 0.5) is 0 Å². The summed E-state index contributed by atoms with van der Waals surface area (Å²) < 4.78 is 1.27. The van der Waals surface area contributed by atoms with Crippen molar-refractivity contribution in [3.05, 3.63) is 34.9 Å². The molecule has 2 unspecified atom stereocenters. The Morgan fingerprint density at radius 3 is 2.50 bits per heavy atom. The predicted molar refractivity (Wildman–Crippen MR) is 70.5 cm³/mol. The second-order valence-corrected chi connectivity index (χ2v) is 4.97. The molecule has 1 aliphatic carbocycles. The summed E-state index contributed by atoms with van der Waals surface area (Å²) in [6, 6.07) is 7.07. The van der Waals surface area contributed by atoms with Crippen LogP contribution in [0.3, 0.4) is 0 Å². The quantitative estimate of drug-likeness (QED) is 0.577. The molecule has 0 heterocycles. The van der Waals surface area contributed by atoms with E-state index in [0.717, 1.165) is 18.3 Å². The highest BCUT2D eigenvalue weighted by Crippen LogP contribution is 2.49. The first-order valence-corrected chi connectivity index (χ1v) is 7.03. The zero-order chi connectivity index (χ0) is 10.1. The normalized spacial score (nSPS) is 24.2. The largest absolute Gasteiger partial charge is 0.0857 e. The highest BCUT2D eigenvalue weighted by molar-refractivity contribution is 14.1. The lowest BCUT2D eigenvalue weighted by Crippen LogP contribution is -2.25. The first-order chi connectivity index (χ1) is 6.81. The van der Waals surface area contributed by atoms with Crippen LogP contribution in [0.15, 0.2) is 18.2 Å². The molecule has 1 heteroatoms. The Balaban J connectivity index is 2.34. The molecule has 0 radical (unpaired) electrons. The summed E-state index contributed by atoms with van der Waals surface area (Å²) in [5, 5.41) is 0. The van der Waals surface area contributed by atoms with Crippen molar-refractivity contribution in [1.82, 2.24) is 0 Å². The lowest BCUT2D eigenvalue weighted by molar-refractivity contribution is 0.499. The fourth-order valence-electron chi connectivity index (χ4n) is 2.54. The minimum absolute atomic E-state index is 0.835. The van der Waals surface area contributed by atoms with E-state index in [4.69, 9.17) is 0 Å². The van der Waals surface area contributed by atoms with Gasteiger partial charge < -0.3 is 0 Å². The molecule has 0 fully saturated rings. The van der Waals surface area contributed by atoms with E-state index in [1.807, 2.05) is 0 Å². The van der Waals surface area contributed by atoms with Gasteiger partial charge in [0.25, 0.3) is 0 Å². The van der Waals surface area contributed by atoms with Crippen molar-refractivity contribution in [3.63, 3.8) is 0 Å². The maximum Gasteiger partial charge on any atom is 0.00702 e. The Kier molecular flexibility index (Phi) is 3.15. The SMILES string of the molecule is CCc1ccc2c(c1)C(CI)C2CC. The van der Waals surface area contributed by atoms with Crippen molar-refractivity contribution in [3.8, 4) is 0 Å². The fraction of sp³-hybridized carbons (Fsp3) is 0.538. The van der Waals surface area contributed by atoms with Gasteiger partial charge in [-0.15, -0.1) is 0 Å². The van der Waals surface area contributed by atoms with Crippen LogP contribution in [0, 0.1) is 0 Å². The molecule has 76 valence electrons. The van der Waals surface area contributed by atoms with Crippen molar-refractivity contribution in [2.75, 3.05) is 4.43 Å². The topological polar surface area (TPSA) is 0 Å². The van der Waals surface area contributed by atoms with E-state index in [1.54, 1.807) is 11.1 Å². The average Bonchev–Trinajstić information content (AvgIpc) is 2.21. The maximum atomic E-state index is 2.52. The molecular weight excluding hydrogens is 283 g/mol. The predicted octanol–water partition coefficient (Wildman–Crippen LogP) is 4.27. The fourth-order valence-corrected chi connectivity index (χ4v) is 3.62. The van der Waals surface area contributed by atoms with Crippen molar-refractivity contribution in [1.29, 1.82) is 0 Å². The molecule has 0 aliphatic heterocycles. The van der Waals surface area contributed by atoms with E-state index in [-0.39, 0.29) is 0 Å². The Morgan fingerprint density at radius 1 is 1.14 bits per heavy atom. The summed E-state index contributed by atoms with van der Waals surface area (Å²) in [5.41, 5.74) is 4.74. The number of aryl methyl sites for hydroxylation is 1. The molecule has 0 amide bonds. The van der Waals surface area contributed by atoms with Crippen molar-refractivity contribution in [2.45, 2.75) is 38.5 Å². The van der Waals surface area contributed by atoms with Gasteiger partial charge in [0.2, 0.25) is 0 Å². The monoisotopic (exact) mass is 300 g/mol. The van der Waals surface area contributed by atoms with Gasteiger partial charge >= 0.3 is 0 Å². The number of benzene rings is 1. The lowest BCUT2D eigenvalue weighted by Gasteiger charge is -2.38. The summed E-state index contributed by atoms with van der Waals surface area (Å²) in [4.78, 5) is 0. The average molecular weight is 300 g/mol. The zero-order valence-electron chi connectivity index (χ0n) is 8.89. The second-order valence-electron chi connectivity index (χ2n) is 4.09. The van der Waals surface area contributed by atoms with Crippen LogP contribution in [0.25, 0.3) is 0 Å².